The normalized spacial score (nSPS) is 22.5. The topological polar surface area (TPSA) is 128 Å². The molecular formula is C16H22FN3O6S2. The average Bonchev–Trinajstić information content (AvgIpc) is 2.80. The lowest BCUT2D eigenvalue weighted by molar-refractivity contribution is -0.144. The summed E-state index contributed by atoms with van der Waals surface area (Å²) in [6.07, 6.45) is 1.72. The van der Waals surface area contributed by atoms with Crippen LogP contribution in [0.5, 0.6) is 0 Å². The lowest BCUT2D eigenvalue weighted by atomic mass is 10.0. The fourth-order valence-electron chi connectivity index (χ4n) is 2.51. The third-order valence-electron chi connectivity index (χ3n) is 4.16. The number of nitrogens with zero attached hydrogens (tertiary/aromatic N) is 1. The third-order valence-corrected chi connectivity index (χ3v) is 6.00. The Morgan fingerprint density at radius 3 is 2.75 bits per heavy atom. The van der Waals surface area contributed by atoms with Gasteiger partial charge in [-0.15, -0.1) is 0 Å². The van der Waals surface area contributed by atoms with Gasteiger partial charge in [0.2, 0.25) is 5.66 Å². The van der Waals surface area contributed by atoms with Gasteiger partial charge in [-0.3, -0.25) is 10.2 Å². The van der Waals surface area contributed by atoms with Crippen molar-refractivity contribution in [3.63, 3.8) is 0 Å². The van der Waals surface area contributed by atoms with E-state index in [9.17, 15) is 22.4 Å². The molecule has 3 N–H and O–H groups in total. The highest BCUT2D eigenvalue weighted by Crippen LogP contribution is 2.32. The molecule has 0 amide bonds. The fraction of sp³-hybridized carbons (Fsp3) is 0.500. The Morgan fingerprint density at radius 2 is 2.18 bits per heavy atom. The monoisotopic (exact) mass is 435 g/mol. The maximum atomic E-state index is 14.6. The molecule has 0 saturated carbocycles. The van der Waals surface area contributed by atoms with E-state index in [0.717, 1.165) is 6.07 Å². The summed E-state index contributed by atoms with van der Waals surface area (Å²) in [6.45, 7) is 3.42. The number of carbonyl (C=O) groups excluding carboxylic acids is 2. The first kappa shape index (κ1) is 22.4. The molecule has 1 aliphatic heterocycles. The number of thioether (sulfide) groups is 1. The highest BCUT2D eigenvalue weighted by atomic mass is 32.2. The number of esters is 1. The van der Waals surface area contributed by atoms with E-state index in [1.807, 2.05) is 0 Å². The molecule has 2 rings (SSSR count). The van der Waals surface area contributed by atoms with E-state index in [2.05, 4.69) is 9.61 Å². The Balaban J connectivity index is 2.30. The molecule has 0 aliphatic carbocycles. The SMILES string of the molecule is CCOC(=O)C(C)c1ccc(NN2C(N)(CCSC)C(=O)OS2(=O)=O)c(F)c1. The summed E-state index contributed by atoms with van der Waals surface area (Å²) in [5, 5.41) is 0. The highest BCUT2D eigenvalue weighted by molar-refractivity contribution is 7.98. The lowest BCUT2D eigenvalue weighted by Crippen LogP contribution is -2.59. The Labute approximate surface area is 167 Å². The van der Waals surface area contributed by atoms with Gasteiger partial charge in [0.05, 0.1) is 18.2 Å². The predicted molar refractivity (Wildman–Crippen MR) is 102 cm³/mol. The van der Waals surface area contributed by atoms with Crippen LogP contribution in [0.2, 0.25) is 0 Å². The van der Waals surface area contributed by atoms with Crippen LogP contribution in [0.3, 0.4) is 0 Å². The first-order valence-electron chi connectivity index (χ1n) is 8.36. The standard InChI is InChI=1S/C16H22FN3O6S2/c1-4-25-14(21)10(2)11-5-6-13(12(17)9-11)19-20-16(18,7-8-27-3)15(22)26-28(20,23)24/h5-6,9-10,19H,4,7-8,18H2,1-3H3. The molecule has 12 heteroatoms. The van der Waals surface area contributed by atoms with Gasteiger partial charge in [-0.05, 0) is 48.0 Å². The Morgan fingerprint density at radius 1 is 1.50 bits per heavy atom. The number of carbonyl (C=O) groups is 2. The van der Waals surface area contributed by atoms with Crippen molar-refractivity contribution in [2.75, 3.05) is 24.0 Å². The highest BCUT2D eigenvalue weighted by Gasteiger charge is 2.57. The number of hydrazine groups is 1. The number of anilines is 1. The first-order valence-corrected chi connectivity index (χ1v) is 11.1. The van der Waals surface area contributed by atoms with Crippen molar-refractivity contribution in [2.45, 2.75) is 31.8 Å². The molecule has 1 aromatic carbocycles. The zero-order chi connectivity index (χ0) is 21.1. The molecule has 2 unspecified atom stereocenters. The number of nitrogens with two attached hydrogens (primary N) is 1. The molecule has 1 fully saturated rings. The molecule has 1 heterocycles. The Hall–Kier alpha value is -1.89. The van der Waals surface area contributed by atoms with Crippen molar-refractivity contribution in [3.8, 4) is 0 Å². The third kappa shape index (κ3) is 4.40. The number of halogens is 1. The van der Waals surface area contributed by atoms with Crippen molar-refractivity contribution in [2.24, 2.45) is 5.73 Å². The minimum atomic E-state index is -4.54. The summed E-state index contributed by atoms with van der Waals surface area (Å²) in [5.41, 5.74) is 6.38. The molecule has 156 valence electrons. The molecule has 1 saturated heterocycles. The van der Waals surface area contributed by atoms with Gasteiger partial charge >= 0.3 is 22.2 Å². The number of ether oxygens (including phenoxy) is 1. The molecular weight excluding hydrogens is 413 g/mol. The van der Waals surface area contributed by atoms with Gasteiger partial charge in [0.15, 0.2) is 0 Å². The van der Waals surface area contributed by atoms with Crippen LogP contribution in [-0.4, -0.2) is 49.0 Å². The number of benzene rings is 1. The van der Waals surface area contributed by atoms with Crippen LogP contribution >= 0.6 is 11.8 Å². The second kappa shape index (κ2) is 8.64. The zero-order valence-corrected chi connectivity index (χ0v) is 17.2. The molecule has 0 bridgehead atoms. The maximum absolute atomic E-state index is 14.6. The van der Waals surface area contributed by atoms with Crippen molar-refractivity contribution in [1.82, 2.24) is 4.41 Å². The quantitative estimate of drug-likeness (QED) is 0.581. The number of hydrogen-bond acceptors (Lipinski definition) is 9. The second-order valence-electron chi connectivity index (χ2n) is 6.08. The van der Waals surface area contributed by atoms with E-state index in [-0.39, 0.29) is 18.7 Å². The summed E-state index contributed by atoms with van der Waals surface area (Å²) in [4.78, 5) is 23.8. The maximum Gasteiger partial charge on any atom is 0.407 e. The van der Waals surface area contributed by atoms with E-state index in [0.29, 0.717) is 15.7 Å². The van der Waals surface area contributed by atoms with Crippen molar-refractivity contribution < 1.29 is 31.3 Å². The summed E-state index contributed by atoms with van der Waals surface area (Å²) in [5.74, 6) is -2.84. The van der Waals surface area contributed by atoms with Crippen molar-refractivity contribution >= 4 is 39.7 Å². The summed E-state index contributed by atoms with van der Waals surface area (Å²) >= 11 is 1.36. The fourth-order valence-corrected chi connectivity index (χ4v) is 4.21. The smallest absolute Gasteiger partial charge is 0.407 e. The minimum Gasteiger partial charge on any atom is -0.466 e. The number of hydrogen-bond donors (Lipinski definition) is 2. The summed E-state index contributed by atoms with van der Waals surface area (Å²) in [7, 11) is -4.54. The summed E-state index contributed by atoms with van der Waals surface area (Å²) in [6, 6.07) is 3.77. The molecule has 0 radical (unpaired) electrons. The van der Waals surface area contributed by atoms with Crippen LogP contribution in [0.4, 0.5) is 10.1 Å². The van der Waals surface area contributed by atoms with E-state index >= 15 is 0 Å². The second-order valence-corrected chi connectivity index (χ2v) is 8.46. The van der Waals surface area contributed by atoms with Gasteiger partial charge in [-0.2, -0.15) is 20.2 Å². The van der Waals surface area contributed by atoms with E-state index < -0.39 is 39.6 Å². The molecule has 0 spiro atoms. The van der Waals surface area contributed by atoms with Gasteiger partial charge in [0, 0.05) is 6.42 Å². The van der Waals surface area contributed by atoms with E-state index in [4.69, 9.17) is 10.5 Å². The first-order chi connectivity index (χ1) is 13.1. The lowest BCUT2D eigenvalue weighted by Gasteiger charge is -2.28. The van der Waals surface area contributed by atoms with E-state index in [1.165, 1.54) is 23.9 Å². The Kier molecular flexibility index (Phi) is 6.91. The Bertz CT molecular complexity index is 866. The largest absolute Gasteiger partial charge is 0.466 e. The van der Waals surface area contributed by atoms with Crippen LogP contribution in [0.15, 0.2) is 18.2 Å². The van der Waals surface area contributed by atoms with Crippen LogP contribution in [-0.2, 0) is 28.8 Å². The number of nitrogens with one attached hydrogen (secondary N) is 1. The average molecular weight is 435 g/mol. The van der Waals surface area contributed by atoms with Crippen LogP contribution in [0, 0.1) is 5.82 Å². The van der Waals surface area contributed by atoms with Crippen LogP contribution < -0.4 is 11.2 Å². The molecule has 1 aliphatic rings. The molecule has 1 aromatic rings. The predicted octanol–water partition coefficient (Wildman–Crippen LogP) is 1.33. The van der Waals surface area contributed by atoms with Crippen molar-refractivity contribution in [3.05, 3.63) is 29.6 Å². The number of rotatable bonds is 8. The van der Waals surface area contributed by atoms with E-state index in [1.54, 1.807) is 20.1 Å². The van der Waals surface area contributed by atoms with Gasteiger partial charge < -0.3 is 14.7 Å². The molecule has 2 atom stereocenters. The molecule has 0 aromatic heterocycles. The summed E-state index contributed by atoms with van der Waals surface area (Å²) < 4.78 is 48.6. The van der Waals surface area contributed by atoms with Gasteiger partial charge in [-0.1, -0.05) is 6.07 Å². The van der Waals surface area contributed by atoms with Crippen LogP contribution in [0.25, 0.3) is 0 Å². The minimum absolute atomic E-state index is 0.0428. The van der Waals surface area contributed by atoms with Gasteiger partial charge in [0.1, 0.15) is 5.82 Å². The van der Waals surface area contributed by atoms with Gasteiger partial charge in [-0.25, -0.2) is 9.18 Å². The molecule has 28 heavy (non-hydrogen) atoms. The van der Waals surface area contributed by atoms with Gasteiger partial charge in [0.25, 0.3) is 0 Å². The zero-order valence-electron chi connectivity index (χ0n) is 15.6. The van der Waals surface area contributed by atoms with Crippen molar-refractivity contribution in [1.29, 1.82) is 0 Å². The molecule has 9 nitrogen and oxygen atoms in total. The van der Waals surface area contributed by atoms with Crippen LogP contribution in [0.1, 0.15) is 31.7 Å².